The summed E-state index contributed by atoms with van der Waals surface area (Å²) in [4.78, 5) is 1.23. The quantitative estimate of drug-likeness (QED) is 0.625. The molecule has 0 fully saturated rings. The van der Waals surface area contributed by atoms with Gasteiger partial charge in [0.25, 0.3) is 0 Å². The van der Waals surface area contributed by atoms with Gasteiger partial charge in [0, 0.05) is 30.7 Å². The third-order valence-electron chi connectivity index (χ3n) is 2.77. The smallest absolute Gasteiger partial charge is 0.0449 e. The van der Waals surface area contributed by atoms with Crippen molar-refractivity contribution in [3.05, 3.63) is 62.0 Å². The van der Waals surface area contributed by atoms with Crippen LogP contribution in [0.1, 0.15) is 5.56 Å². The molecule has 0 bridgehead atoms. The van der Waals surface area contributed by atoms with Gasteiger partial charge in [-0.2, -0.15) is 0 Å². The maximum Gasteiger partial charge on any atom is 0.0449 e. The summed E-state index contributed by atoms with van der Waals surface area (Å²) in [5.41, 5.74) is 7.29. The molecule has 0 spiro atoms. The lowest BCUT2D eigenvalue weighted by Crippen LogP contribution is -2.25. The molecule has 0 aliphatic carbocycles. The molecule has 106 valence electrons. The van der Waals surface area contributed by atoms with Crippen LogP contribution in [-0.4, -0.2) is 11.8 Å². The van der Waals surface area contributed by atoms with Crippen LogP contribution in [0.15, 0.2) is 56.3 Å². The second kappa shape index (κ2) is 7.85. The summed E-state index contributed by atoms with van der Waals surface area (Å²) in [6.45, 7) is 0. The molecule has 2 aromatic rings. The van der Waals surface area contributed by atoms with Crippen LogP contribution in [0.2, 0.25) is 5.02 Å². The molecule has 0 aliphatic heterocycles. The molecule has 1 nitrogen and oxygen atoms in total. The first-order chi connectivity index (χ1) is 9.54. The maximum absolute atomic E-state index is 6.21. The number of nitrogens with two attached hydrogens (primary N) is 1. The van der Waals surface area contributed by atoms with Crippen LogP contribution in [0.25, 0.3) is 0 Å². The highest BCUT2D eigenvalue weighted by Crippen LogP contribution is 2.25. The van der Waals surface area contributed by atoms with Crippen molar-refractivity contribution >= 4 is 55.2 Å². The van der Waals surface area contributed by atoms with Crippen molar-refractivity contribution in [1.29, 1.82) is 0 Å². The van der Waals surface area contributed by atoms with Gasteiger partial charge in [0.2, 0.25) is 0 Å². The van der Waals surface area contributed by atoms with Gasteiger partial charge in [0.05, 0.1) is 0 Å². The van der Waals surface area contributed by atoms with E-state index >= 15 is 0 Å². The van der Waals surface area contributed by atoms with Gasteiger partial charge in [-0.15, -0.1) is 11.8 Å². The van der Waals surface area contributed by atoms with Gasteiger partial charge in [-0.05, 0) is 48.4 Å². The Kier molecular flexibility index (Phi) is 6.43. The van der Waals surface area contributed by atoms with Gasteiger partial charge in [0.1, 0.15) is 0 Å². The molecular formula is C15H14Br2ClNS. The van der Waals surface area contributed by atoms with E-state index in [0.29, 0.717) is 0 Å². The van der Waals surface area contributed by atoms with Crippen molar-refractivity contribution in [3.63, 3.8) is 0 Å². The SMILES string of the molecule is NC(CSc1ccc(Br)cc1)Cc1ccc(Br)cc1Cl. The van der Waals surface area contributed by atoms with Crippen LogP contribution in [0.4, 0.5) is 0 Å². The summed E-state index contributed by atoms with van der Waals surface area (Å²) in [5.74, 6) is 0.869. The summed E-state index contributed by atoms with van der Waals surface area (Å²) < 4.78 is 2.08. The van der Waals surface area contributed by atoms with E-state index in [1.165, 1.54) is 4.90 Å². The molecule has 1 unspecified atom stereocenters. The van der Waals surface area contributed by atoms with Crippen LogP contribution in [0.3, 0.4) is 0 Å². The molecule has 20 heavy (non-hydrogen) atoms. The van der Waals surface area contributed by atoms with E-state index in [4.69, 9.17) is 17.3 Å². The molecule has 2 N–H and O–H groups in total. The Morgan fingerprint density at radius 3 is 2.35 bits per heavy atom. The Morgan fingerprint density at radius 1 is 1.05 bits per heavy atom. The lowest BCUT2D eigenvalue weighted by molar-refractivity contribution is 0.749. The van der Waals surface area contributed by atoms with E-state index in [9.17, 15) is 0 Å². The first-order valence-corrected chi connectivity index (χ1v) is 9.07. The van der Waals surface area contributed by atoms with Crippen molar-refractivity contribution in [1.82, 2.24) is 0 Å². The van der Waals surface area contributed by atoms with Crippen molar-refractivity contribution in [3.8, 4) is 0 Å². The van der Waals surface area contributed by atoms with Crippen molar-refractivity contribution in [2.24, 2.45) is 5.73 Å². The fourth-order valence-corrected chi connectivity index (χ4v) is 3.63. The van der Waals surface area contributed by atoms with Gasteiger partial charge in [-0.3, -0.25) is 0 Å². The van der Waals surface area contributed by atoms with Gasteiger partial charge in [-0.25, -0.2) is 0 Å². The lowest BCUT2D eigenvalue weighted by Gasteiger charge is -2.12. The van der Waals surface area contributed by atoms with Crippen LogP contribution in [-0.2, 0) is 6.42 Å². The van der Waals surface area contributed by atoms with Crippen LogP contribution in [0.5, 0.6) is 0 Å². The molecule has 0 saturated carbocycles. The van der Waals surface area contributed by atoms with E-state index in [0.717, 1.165) is 31.7 Å². The normalized spacial score (nSPS) is 12.4. The van der Waals surface area contributed by atoms with Gasteiger partial charge >= 0.3 is 0 Å². The van der Waals surface area contributed by atoms with Crippen molar-refractivity contribution in [2.45, 2.75) is 17.4 Å². The molecule has 0 radical (unpaired) electrons. The Bertz CT molecular complexity index is 575. The summed E-state index contributed by atoms with van der Waals surface area (Å²) >= 11 is 14.8. The minimum Gasteiger partial charge on any atom is -0.327 e. The van der Waals surface area contributed by atoms with E-state index in [1.54, 1.807) is 11.8 Å². The highest BCUT2D eigenvalue weighted by atomic mass is 79.9. The molecule has 2 rings (SSSR count). The molecule has 0 saturated heterocycles. The van der Waals surface area contributed by atoms with Gasteiger partial charge in [0.15, 0.2) is 0 Å². The third kappa shape index (κ3) is 5.08. The first-order valence-electron chi connectivity index (χ1n) is 6.12. The molecule has 2 aromatic carbocycles. The number of halogens is 3. The number of hydrogen-bond acceptors (Lipinski definition) is 2. The molecule has 1 atom stereocenters. The molecule has 0 amide bonds. The molecule has 0 aliphatic rings. The number of rotatable bonds is 5. The first kappa shape index (κ1) is 16.4. The number of hydrogen-bond donors (Lipinski definition) is 1. The van der Waals surface area contributed by atoms with Crippen molar-refractivity contribution in [2.75, 3.05) is 5.75 Å². The Balaban J connectivity index is 1.89. The maximum atomic E-state index is 6.21. The summed E-state index contributed by atoms with van der Waals surface area (Å²) in [6.07, 6.45) is 0.787. The monoisotopic (exact) mass is 433 g/mol. The second-order valence-electron chi connectivity index (χ2n) is 4.46. The molecular weight excluding hydrogens is 422 g/mol. The van der Waals surface area contributed by atoms with E-state index in [1.807, 2.05) is 30.3 Å². The topological polar surface area (TPSA) is 26.0 Å². The molecule has 0 heterocycles. The zero-order chi connectivity index (χ0) is 14.5. The average molecular weight is 436 g/mol. The Morgan fingerprint density at radius 2 is 1.70 bits per heavy atom. The standard InChI is InChI=1S/C15H14Br2ClNS/c16-11-3-5-14(6-4-11)20-9-13(19)7-10-1-2-12(17)8-15(10)18/h1-6,8,13H,7,9,19H2. The fraction of sp³-hybridized carbons (Fsp3) is 0.200. The highest BCUT2D eigenvalue weighted by Gasteiger charge is 2.08. The predicted octanol–water partition coefficient (Wildman–Crippen LogP) is 5.53. The zero-order valence-corrected chi connectivity index (χ0v) is 15.4. The van der Waals surface area contributed by atoms with Gasteiger partial charge < -0.3 is 5.73 Å². The fourth-order valence-electron chi connectivity index (χ4n) is 1.76. The summed E-state index contributed by atoms with van der Waals surface area (Å²) in [5, 5.41) is 0.767. The van der Waals surface area contributed by atoms with Crippen LogP contribution >= 0.6 is 55.2 Å². The van der Waals surface area contributed by atoms with Crippen molar-refractivity contribution < 1.29 is 0 Å². The Labute approximate surface area is 145 Å². The van der Waals surface area contributed by atoms with E-state index < -0.39 is 0 Å². The minimum absolute atomic E-state index is 0.0855. The predicted molar refractivity (Wildman–Crippen MR) is 95.7 cm³/mol. The largest absolute Gasteiger partial charge is 0.327 e. The number of benzene rings is 2. The van der Waals surface area contributed by atoms with Crippen LogP contribution in [0, 0.1) is 0 Å². The summed E-state index contributed by atoms with van der Waals surface area (Å²) in [6, 6.07) is 14.3. The average Bonchev–Trinajstić information content (AvgIpc) is 2.41. The van der Waals surface area contributed by atoms with E-state index in [-0.39, 0.29) is 6.04 Å². The molecule has 0 aromatic heterocycles. The Hall–Kier alpha value is -0.0000000000000000555. The second-order valence-corrected chi connectivity index (χ2v) is 7.80. The van der Waals surface area contributed by atoms with Crippen LogP contribution < -0.4 is 5.73 Å². The third-order valence-corrected chi connectivity index (χ3v) is 5.35. The lowest BCUT2D eigenvalue weighted by atomic mass is 10.1. The molecule has 5 heteroatoms. The summed E-state index contributed by atoms with van der Waals surface area (Å²) in [7, 11) is 0. The van der Waals surface area contributed by atoms with Gasteiger partial charge in [-0.1, -0.05) is 49.5 Å². The van der Waals surface area contributed by atoms with E-state index in [2.05, 4.69) is 44.0 Å². The zero-order valence-electron chi connectivity index (χ0n) is 10.7. The minimum atomic E-state index is 0.0855. The highest BCUT2D eigenvalue weighted by molar-refractivity contribution is 9.10. The number of thioether (sulfide) groups is 1.